The maximum atomic E-state index is 5.87. The van der Waals surface area contributed by atoms with Gasteiger partial charge in [0, 0.05) is 23.5 Å². The van der Waals surface area contributed by atoms with Crippen LogP contribution in [-0.2, 0) is 6.42 Å². The second kappa shape index (κ2) is 8.16. The standard InChI is InChI=1S/C19H27N3O/c1-2-5-17-14-21-19(22-17)15-7-9-18(10-8-15)23-13-11-16-6-3-4-12-20-16/h7-10,14,16,20H,2-6,11-13H2,1H3,(H,21,22). The SMILES string of the molecule is CCCc1cnc(-c2ccc(OCCC3CCCCN3)cc2)[nH]1. The number of hydrogen-bond donors (Lipinski definition) is 2. The molecule has 1 aromatic heterocycles. The lowest BCUT2D eigenvalue weighted by molar-refractivity contribution is 0.268. The van der Waals surface area contributed by atoms with Gasteiger partial charge in [-0.3, -0.25) is 0 Å². The number of imidazole rings is 1. The Labute approximate surface area is 138 Å². The summed E-state index contributed by atoms with van der Waals surface area (Å²) >= 11 is 0. The van der Waals surface area contributed by atoms with Crippen molar-refractivity contribution in [2.75, 3.05) is 13.2 Å². The van der Waals surface area contributed by atoms with Gasteiger partial charge in [0.25, 0.3) is 0 Å². The predicted molar refractivity (Wildman–Crippen MR) is 93.8 cm³/mol. The molecule has 0 radical (unpaired) electrons. The van der Waals surface area contributed by atoms with E-state index in [0.717, 1.165) is 49.6 Å². The molecular formula is C19H27N3O. The molecule has 1 aliphatic rings. The Morgan fingerprint density at radius 1 is 1.22 bits per heavy atom. The van der Waals surface area contributed by atoms with Crippen LogP contribution in [0, 0.1) is 0 Å². The predicted octanol–water partition coefficient (Wildman–Crippen LogP) is 3.94. The van der Waals surface area contributed by atoms with Gasteiger partial charge >= 0.3 is 0 Å². The smallest absolute Gasteiger partial charge is 0.137 e. The molecule has 1 atom stereocenters. The van der Waals surface area contributed by atoms with Crippen LogP contribution >= 0.6 is 0 Å². The molecular weight excluding hydrogens is 286 g/mol. The number of ether oxygens (including phenoxy) is 1. The van der Waals surface area contributed by atoms with E-state index < -0.39 is 0 Å². The molecule has 1 aliphatic heterocycles. The molecule has 4 heteroatoms. The van der Waals surface area contributed by atoms with Gasteiger partial charge in [0.2, 0.25) is 0 Å². The minimum atomic E-state index is 0.628. The van der Waals surface area contributed by atoms with E-state index in [0.29, 0.717) is 6.04 Å². The molecule has 1 fully saturated rings. The Bertz CT molecular complexity index is 585. The zero-order chi connectivity index (χ0) is 15.9. The van der Waals surface area contributed by atoms with Crippen LogP contribution in [0.15, 0.2) is 30.5 Å². The molecule has 1 unspecified atom stereocenters. The van der Waals surface area contributed by atoms with E-state index in [2.05, 4.69) is 34.3 Å². The summed E-state index contributed by atoms with van der Waals surface area (Å²) in [5, 5.41) is 3.56. The molecule has 0 bridgehead atoms. The van der Waals surface area contributed by atoms with Crippen molar-refractivity contribution in [2.24, 2.45) is 0 Å². The van der Waals surface area contributed by atoms with E-state index in [9.17, 15) is 0 Å². The quantitative estimate of drug-likeness (QED) is 0.814. The molecule has 2 heterocycles. The Morgan fingerprint density at radius 3 is 2.83 bits per heavy atom. The molecule has 2 N–H and O–H groups in total. The molecule has 1 saturated heterocycles. The van der Waals surface area contributed by atoms with Gasteiger partial charge in [-0.25, -0.2) is 4.98 Å². The molecule has 0 spiro atoms. The van der Waals surface area contributed by atoms with Crippen molar-refractivity contribution in [3.05, 3.63) is 36.2 Å². The summed E-state index contributed by atoms with van der Waals surface area (Å²) in [7, 11) is 0. The summed E-state index contributed by atoms with van der Waals surface area (Å²) in [6, 6.07) is 8.84. The van der Waals surface area contributed by atoms with Gasteiger partial charge in [-0.1, -0.05) is 19.8 Å². The molecule has 3 rings (SSSR count). The Balaban J connectivity index is 1.50. The number of nitrogens with one attached hydrogen (secondary N) is 2. The Kier molecular flexibility index (Phi) is 5.70. The second-order valence-electron chi connectivity index (χ2n) is 6.32. The third-order valence-electron chi connectivity index (χ3n) is 4.42. The van der Waals surface area contributed by atoms with Gasteiger partial charge in [-0.15, -0.1) is 0 Å². The van der Waals surface area contributed by atoms with Gasteiger partial charge in [0.1, 0.15) is 11.6 Å². The van der Waals surface area contributed by atoms with Crippen molar-refractivity contribution < 1.29 is 4.74 Å². The number of nitrogens with zero attached hydrogens (tertiary/aromatic N) is 1. The van der Waals surface area contributed by atoms with Crippen molar-refractivity contribution >= 4 is 0 Å². The van der Waals surface area contributed by atoms with Crippen LogP contribution in [-0.4, -0.2) is 29.2 Å². The highest BCUT2D eigenvalue weighted by atomic mass is 16.5. The molecule has 4 nitrogen and oxygen atoms in total. The number of aromatic nitrogens is 2. The summed E-state index contributed by atoms with van der Waals surface area (Å²) in [6.07, 6.45) is 9.12. The highest BCUT2D eigenvalue weighted by molar-refractivity contribution is 5.56. The summed E-state index contributed by atoms with van der Waals surface area (Å²) in [6.45, 7) is 4.11. The number of benzene rings is 1. The van der Waals surface area contributed by atoms with Crippen molar-refractivity contribution in [3.8, 4) is 17.1 Å². The van der Waals surface area contributed by atoms with Gasteiger partial charge in [0.15, 0.2) is 0 Å². The lowest BCUT2D eigenvalue weighted by Gasteiger charge is -2.23. The number of H-pyrrole nitrogens is 1. The van der Waals surface area contributed by atoms with Crippen LogP contribution in [0.1, 0.15) is 44.7 Å². The van der Waals surface area contributed by atoms with Crippen LogP contribution in [0.5, 0.6) is 5.75 Å². The third kappa shape index (κ3) is 4.58. The normalized spacial score (nSPS) is 18.0. The fourth-order valence-corrected chi connectivity index (χ4v) is 3.10. The maximum Gasteiger partial charge on any atom is 0.137 e. The first kappa shape index (κ1) is 16.1. The lowest BCUT2D eigenvalue weighted by Crippen LogP contribution is -2.35. The van der Waals surface area contributed by atoms with E-state index >= 15 is 0 Å². The van der Waals surface area contributed by atoms with E-state index in [-0.39, 0.29) is 0 Å². The van der Waals surface area contributed by atoms with E-state index in [1.54, 1.807) is 0 Å². The average Bonchev–Trinajstić information content (AvgIpc) is 3.06. The van der Waals surface area contributed by atoms with E-state index in [1.165, 1.54) is 25.0 Å². The topological polar surface area (TPSA) is 49.9 Å². The highest BCUT2D eigenvalue weighted by Crippen LogP contribution is 2.21. The van der Waals surface area contributed by atoms with Crippen molar-refractivity contribution in [2.45, 2.75) is 51.5 Å². The van der Waals surface area contributed by atoms with Gasteiger partial charge in [-0.2, -0.15) is 0 Å². The number of hydrogen-bond acceptors (Lipinski definition) is 3. The van der Waals surface area contributed by atoms with Gasteiger partial charge in [0.05, 0.1) is 6.61 Å². The van der Waals surface area contributed by atoms with Crippen molar-refractivity contribution in [1.82, 2.24) is 15.3 Å². The monoisotopic (exact) mass is 313 g/mol. The molecule has 0 amide bonds. The number of piperidine rings is 1. The molecule has 2 aromatic rings. The minimum absolute atomic E-state index is 0.628. The van der Waals surface area contributed by atoms with Gasteiger partial charge < -0.3 is 15.0 Å². The van der Waals surface area contributed by atoms with Crippen LogP contribution in [0.2, 0.25) is 0 Å². The number of rotatable bonds is 7. The molecule has 124 valence electrons. The zero-order valence-electron chi connectivity index (χ0n) is 14.0. The Hall–Kier alpha value is -1.81. The van der Waals surface area contributed by atoms with Crippen LogP contribution in [0.4, 0.5) is 0 Å². The van der Waals surface area contributed by atoms with Crippen molar-refractivity contribution in [3.63, 3.8) is 0 Å². The maximum absolute atomic E-state index is 5.87. The highest BCUT2D eigenvalue weighted by Gasteiger charge is 2.12. The lowest BCUT2D eigenvalue weighted by atomic mass is 10.0. The third-order valence-corrected chi connectivity index (χ3v) is 4.42. The van der Waals surface area contributed by atoms with Gasteiger partial charge in [-0.05, 0) is 56.5 Å². The minimum Gasteiger partial charge on any atom is -0.494 e. The van der Waals surface area contributed by atoms with E-state index in [4.69, 9.17) is 4.74 Å². The van der Waals surface area contributed by atoms with E-state index in [1.807, 2.05) is 18.3 Å². The summed E-state index contributed by atoms with van der Waals surface area (Å²) < 4.78 is 5.87. The Morgan fingerprint density at radius 2 is 2.09 bits per heavy atom. The number of aromatic amines is 1. The zero-order valence-corrected chi connectivity index (χ0v) is 14.0. The molecule has 1 aromatic carbocycles. The molecule has 0 aliphatic carbocycles. The number of aryl methyl sites for hydroxylation is 1. The van der Waals surface area contributed by atoms with Crippen LogP contribution in [0.25, 0.3) is 11.4 Å². The van der Waals surface area contributed by atoms with Crippen LogP contribution in [0.3, 0.4) is 0 Å². The fraction of sp³-hybridized carbons (Fsp3) is 0.526. The molecule has 23 heavy (non-hydrogen) atoms. The first-order chi connectivity index (χ1) is 11.3. The first-order valence-corrected chi connectivity index (χ1v) is 8.85. The van der Waals surface area contributed by atoms with Crippen LogP contribution < -0.4 is 10.1 Å². The summed E-state index contributed by atoms with van der Waals surface area (Å²) in [5.41, 5.74) is 2.30. The fourth-order valence-electron chi connectivity index (χ4n) is 3.10. The van der Waals surface area contributed by atoms with Crippen molar-refractivity contribution in [1.29, 1.82) is 0 Å². The average molecular weight is 313 g/mol. The first-order valence-electron chi connectivity index (χ1n) is 8.85. The second-order valence-corrected chi connectivity index (χ2v) is 6.32. The largest absolute Gasteiger partial charge is 0.494 e. The summed E-state index contributed by atoms with van der Waals surface area (Å²) in [4.78, 5) is 7.83. The summed E-state index contributed by atoms with van der Waals surface area (Å²) in [5.74, 6) is 1.87. The molecule has 0 saturated carbocycles.